The average Bonchev–Trinajstić information content (AvgIpc) is 2.62. The van der Waals surface area contributed by atoms with Crippen LogP contribution in [0.2, 0.25) is 0 Å². The normalized spacial score (nSPS) is 13.6. The smallest absolute Gasteiger partial charge is 0.244 e. The van der Waals surface area contributed by atoms with Crippen LogP contribution in [0.15, 0.2) is 36.4 Å². The summed E-state index contributed by atoms with van der Waals surface area (Å²) in [7, 11) is -3.65. The predicted molar refractivity (Wildman–Crippen MR) is 120 cm³/mol. The molecule has 5 nitrogen and oxygen atoms in total. The molecule has 158 valence electrons. The highest BCUT2D eigenvalue weighted by atomic mass is 32.2. The van der Waals surface area contributed by atoms with Crippen molar-refractivity contribution in [3.8, 4) is 0 Å². The van der Waals surface area contributed by atoms with Gasteiger partial charge in [0.1, 0.15) is 6.04 Å². The molecule has 6 heteroatoms. The molecule has 2 rings (SSSR count). The van der Waals surface area contributed by atoms with Crippen LogP contribution in [0.3, 0.4) is 0 Å². The second-order valence-electron chi connectivity index (χ2n) is 7.84. The van der Waals surface area contributed by atoms with Crippen LogP contribution < -0.4 is 9.62 Å². The Morgan fingerprint density at radius 2 is 1.62 bits per heavy atom. The van der Waals surface area contributed by atoms with E-state index in [0.29, 0.717) is 12.1 Å². The zero-order valence-electron chi connectivity index (χ0n) is 18.4. The Morgan fingerprint density at radius 1 is 1.00 bits per heavy atom. The molecule has 0 bridgehead atoms. The Balaban J connectivity index is 2.37. The maximum atomic E-state index is 13.2. The maximum absolute atomic E-state index is 13.2. The van der Waals surface area contributed by atoms with E-state index in [1.54, 1.807) is 6.07 Å². The molecule has 0 spiro atoms. The van der Waals surface area contributed by atoms with Crippen molar-refractivity contribution < 1.29 is 13.2 Å². The van der Waals surface area contributed by atoms with Gasteiger partial charge in [0.2, 0.25) is 15.9 Å². The van der Waals surface area contributed by atoms with Crippen LogP contribution in [0.25, 0.3) is 0 Å². The van der Waals surface area contributed by atoms with Gasteiger partial charge >= 0.3 is 0 Å². The van der Waals surface area contributed by atoms with E-state index in [1.165, 1.54) is 4.31 Å². The SMILES string of the molecule is CC[C@@H](C(=O)N[C@H](C)c1cc(C)ccc1C)N(c1ccc(C)c(C)c1)S(C)(=O)=O. The van der Waals surface area contributed by atoms with E-state index < -0.39 is 16.1 Å². The van der Waals surface area contributed by atoms with Crippen LogP contribution in [-0.2, 0) is 14.8 Å². The molecule has 1 amide bonds. The van der Waals surface area contributed by atoms with Gasteiger partial charge in [-0.1, -0.05) is 36.8 Å². The summed E-state index contributed by atoms with van der Waals surface area (Å²) in [5, 5.41) is 3.02. The van der Waals surface area contributed by atoms with E-state index in [1.807, 2.05) is 65.8 Å². The third-order valence-electron chi connectivity index (χ3n) is 5.33. The van der Waals surface area contributed by atoms with E-state index in [4.69, 9.17) is 0 Å². The van der Waals surface area contributed by atoms with Gasteiger partial charge in [0.05, 0.1) is 18.0 Å². The lowest BCUT2D eigenvalue weighted by Gasteiger charge is -2.31. The first-order valence-corrected chi connectivity index (χ1v) is 11.7. The lowest BCUT2D eigenvalue weighted by atomic mass is 9.99. The van der Waals surface area contributed by atoms with E-state index in [-0.39, 0.29) is 11.9 Å². The van der Waals surface area contributed by atoms with E-state index >= 15 is 0 Å². The molecule has 0 aliphatic carbocycles. The highest BCUT2D eigenvalue weighted by Crippen LogP contribution is 2.26. The van der Waals surface area contributed by atoms with E-state index in [2.05, 4.69) is 11.4 Å². The van der Waals surface area contributed by atoms with Crippen LogP contribution in [0.5, 0.6) is 0 Å². The molecule has 1 N–H and O–H groups in total. The van der Waals surface area contributed by atoms with Gasteiger partial charge in [-0.2, -0.15) is 0 Å². The molecule has 0 unspecified atom stereocenters. The number of benzene rings is 2. The molecule has 0 fully saturated rings. The molecule has 0 saturated heterocycles. The number of amides is 1. The minimum Gasteiger partial charge on any atom is -0.348 e. The van der Waals surface area contributed by atoms with Crippen molar-refractivity contribution in [3.05, 3.63) is 64.2 Å². The van der Waals surface area contributed by atoms with Gasteiger partial charge < -0.3 is 5.32 Å². The van der Waals surface area contributed by atoms with Crippen molar-refractivity contribution in [2.45, 2.75) is 60.0 Å². The fourth-order valence-electron chi connectivity index (χ4n) is 3.54. The Hall–Kier alpha value is -2.34. The van der Waals surface area contributed by atoms with Gasteiger partial charge in [-0.3, -0.25) is 9.10 Å². The highest BCUT2D eigenvalue weighted by molar-refractivity contribution is 7.92. The van der Waals surface area contributed by atoms with Crippen LogP contribution in [0.4, 0.5) is 5.69 Å². The monoisotopic (exact) mass is 416 g/mol. The number of hydrogen-bond acceptors (Lipinski definition) is 3. The first kappa shape index (κ1) is 22.9. The number of nitrogens with one attached hydrogen (secondary N) is 1. The molecule has 0 radical (unpaired) electrons. The first-order chi connectivity index (χ1) is 13.5. The highest BCUT2D eigenvalue weighted by Gasteiger charge is 2.32. The van der Waals surface area contributed by atoms with Gasteiger partial charge in [-0.25, -0.2) is 8.42 Å². The quantitative estimate of drug-likeness (QED) is 0.730. The molecule has 0 aliphatic heterocycles. The number of anilines is 1. The summed E-state index contributed by atoms with van der Waals surface area (Å²) < 4.78 is 26.5. The van der Waals surface area contributed by atoms with Crippen LogP contribution >= 0.6 is 0 Å². The van der Waals surface area contributed by atoms with Crippen molar-refractivity contribution >= 4 is 21.6 Å². The summed E-state index contributed by atoms with van der Waals surface area (Å²) in [6.07, 6.45) is 1.51. The molecule has 2 aromatic carbocycles. The molecule has 0 aliphatic rings. The summed E-state index contributed by atoms with van der Waals surface area (Å²) in [6.45, 7) is 11.7. The Labute approximate surface area is 175 Å². The lowest BCUT2D eigenvalue weighted by molar-refractivity contribution is -0.122. The van der Waals surface area contributed by atoms with Gasteiger partial charge in [0.25, 0.3) is 0 Å². The summed E-state index contributed by atoms with van der Waals surface area (Å²) in [5.74, 6) is -0.301. The molecule has 2 atom stereocenters. The van der Waals surface area contributed by atoms with Crippen LogP contribution in [0.1, 0.15) is 54.1 Å². The van der Waals surface area contributed by atoms with Crippen molar-refractivity contribution in [1.29, 1.82) is 0 Å². The third-order valence-corrected chi connectivity index (χ3v) is 6.51. The number of carbonyl (C=O) groups excluding carboxylic acids is 1. The molecule has 0 heterocycles. The average molecular weight is 417 g/mol. The number of hydrogen-bond donors (Lipinski definition) is 1. The van der Waals surface area contributed by atoms with Crippen molar-refractivity contribution in [2.24, 2.45) is 0 Å². The van der Waals surface area contributed by atoms with E-state index in [0.717, 1.165) is 34.1 Å². The largest absolute Gasteiger partial charge is 0.348 e. The number of aryl methyl sites for hydroxylation is 4. The van der Waals surface area contributed by atoms with Crippen molar-refractivity contribution in [1.82, 2.24) is 5.32 Å². The number of sulfonamides is 1. The Morgan fingerprint density at radius 3 is 2.17 bits per heavy atom. The summed E-state index contributed by atoms with van der Waals surface area (Å²) >= 11 is 0. The van der Waals surface area contributed by atoms with Crippen molar-refractivity contribution in [2.75, 3.05) is 10.6 Å². The van der Waals surface area contributed by atoms with Crippen molar-refractivity contribution in [3.63, 3.8) is 0 Å². The molecular formula is C23H32N2O3S. The van der Waals surface area contributed by atoms with Gasteiger partial charge in [0, 0.05) is 0 Å². The Kier molecular flexibility index (Phi) is 7.11. The summed E-state index contributed by atoms with van der Waals surface area (Å²) in [6, 6.07) is 10.5. The first-order valence-electron chi connectivity index (χ1n) is 9.89. The zero-order chi connectivity index (χ0) is 21.9. The molecule has 0 aromatic heterocycles. The minimum atomic E-state index is -3.65. The molecule has 2 aromatic rings. The molecule has 29 heavy (non-hydrogen) atoms. The molecular weight excluding hydrogens is 384 g/mol. The predicted octanol–water partition coefficient (Wildman–Crippen LogP) is 4.34. The third kappa shape index (κ3) is 5.38. The Bertz CT molecular complexity index is 999. The van der Waals surface area contributed by atoms with Crippen LogP contribution in [-0.4, -0.2) is 26.6 Å². The zero-order valence-corrected chi connectivity index (χ0v) is 19.2. The lowest BCUT2D eigenvalue weighted by Crippen LogP contribution is -2.49. The number of rotatable bonds is 7. The second-order valence-corrected chi connectivity index (χ2v) is 9.70. The number of carbonyl (C=O) groups is 1. The summed E-state index contributed by atoms with van der Waals surface area (Å²) in [4.78, 5) is 13.2. The topological polar surface area (TPSA) is 66.5 Å². The summed E-state index contributed by atoms with van der Waals surface area (Å²) in [5.41, 5.74) is 5.80. The molecule has 0 saturated carbocycles. The minimum absolute atomic E-state index is 0.224. The standard InChI is InChI=1S/C23H32N2O3S/c1-8-22(23(26)24-19(6)21-13-15(2)9-10-17(21)4)25(29(7,27)28)20-12-11-16(3)18(5)14-20/h9-14,19,22H,8H2,1-7H3,(H,24,26)/t19-,22+/m1/s1. The number of nitrogens with zero attached hydrogens (tertiary/aromatic N) is 1. The van der Waals surface area contributed by atoms with Gasteiger partial charge in [-0.05, 0) is 75.4 Å². The second kappa shape index (κ2) is 8.99. The van der Waals surface area contributed by atoms with Crippen LogP contribution in [0, 0.1) is 27.7 Å². The maximum Gasteiger partial charge on any atom is 0.244 e. The fourth-order valence-corrected chi connectivity index (χ4v) is 4.74. The van der Waals surface area contributed by atoms with E-state index in [9.17, 15) is 13.2 Å². The van der Waals surface area contributed by atoms with Gasteiger partial charge in [-0.15, -0.1) is 0 Å². The fraction of sp³-hybridized carbons (Fsp3) is 0.435. The van der Waals surface area contributed by atoms with Gasteiger partial charge in [0.15, 0.2) is 0 Å².